The molecule has 3 unspecified atom stereocenters. The van der Waals surface area contributed by atoms with Crippen LogP contribution in [0.3, 0.4) is 0 Å². The monoisotopic (exact) mass is 283 g/mol. The number of amides is 1. The highest BCUT2D eigenvalue weighted by atomic mass is 16.5. The summed E-state index contributed by atoms with van der Waals surface area (Å²) in [5, 5.41) is 3.02. The molecule has 0 aliphatic carbocycles. The largest absolute Gasteiger partial charge is 0.373 e. The molecule has 0 bridgehead atoms. The van der Waals surface area contributed by atoms with Crippen LogP contribution in [0.5, 0.6) is 0 Å². The first-order valence-corrected chi connectivity index (χ1v) is 7.93. The first-order chi connectivity index (χ1) is 9.60. The van der Waals surface area contributed by atoms with Crippen LogP contribution >= 0.6 is 0 Å². The van der Waals surface area contributed by atoms with Gasteiger partial charge >= 0.3 is 0 Å². The molecule has 2 aliphatic rings. The van der Waals surface area contributed by atoms with Crippen LogP contribution in [0.25, 0.3) is 0 Å². The molecule has 0 aromatic carbocycles. The van der Waals surface area contributed by atoms with Crippen LogP contribution in [0, 0.1) is 11.8 Å². The Kier molecular flexibility index (Phi) is 5.81. The van der Waals surface area contributed by atoms with E-state index in [4.69, 9.17) is 10.5 Å². The second kappa shape index (κ2) is 7.38. The highest BCUT2D eigenvalue weighted by molar-refractivity contribution is 5.78. The molecule has 2 rings (SSSR count). The summed E-state index contributed by atoms with van der Waals surface area (Å²) in [6.07, 6.45) is 3.51. The number of ether oxygens (including phenoxy) is 1. The zero-order valence-corrected chi connectivity index (χ0v) is 12.8. The standard InChI is InChI=1S/C15H29N3O2/c1-11(2)6-12(7-16)15(19)17-8-14-9-18-5-3-4-13(18)10-20-14/h11-14H,3-10,16H2,1-2H3,(H,17,19). The summed E-state index contributed by atoms with van der Waals surface area (Å²) in [5.74, 6) is 0.497. The Morgan fingerprint density at radius 1 is 1.50 bits per heavy atom. The molecule has 3 N–H and O–H groups in total. The number of nitrogens with two attached hydrogens (primary N) is 1. The molecule has 0 aromatic rings. The predicted octanol–water partition coefficient (Wildman–Crippen LogP) is 0.587. The Morgan fingerprint density at radius 3 is 3.00 bits per heavy atom. The van der Waals surface area contributed by atoms with E-state index in [0.717, 1.165) is 19.6 Å². The lowest BCUT2D eigenvalue weighted by Gasteiger charge is -2.35. The maximum absolute atomic E-state index is 12.1. The summed E-state index contributed by atoms with van der Waals surface area (Å²) >= 11 is 0. The molecule has 5 heteroatoms. The first kappa shape index (κ1) is 15.7. The minimum atomic E-state index is -0.0712. The molecule has 0 aromatic heterocycles. The molecular weight excluding hydrogens is 254 g/mol. The second-order valence-corrected chi connectivity index (χ2v) is 6.55. The minimum absolute atomic E-state index is 0.0712. The summed E-state index contributed by atoms with van der Waals surface area (Å²) in [7, 11) is 0. The van der Waals surface area contributed by atoms with E-state index >= 15 is 0 Å². The molecule has 20 heavy (non-hydrogen) atoms. The van der Waals surface area contributed by atoms with Gasteiger partial charge in [0.1, 0.15) is 0 Å². The molecule has 0 spiro atoms. The van der Waals surface area contributed by atoms with E-state index in [1.807, 2.05) is 0 Å². The molecular formula is C15H29N3O2. The zero-order chi connectivity index (χ0) is 14.5. The molecule has 3 atom stereocenters. The van der Waals surface area contributed by atoms with E-state index in [9.17, 15) is 4.79 Å². The van der Waals surface area contributed by atoms with E-state index in [0.29, 0.717) is 25.0 Å². The lowest BCUT2D eigenvalue weighted by atomic mass is 9.96. The van der Waals surface area contributed by atoms with Gasteiger partial charge < -0.3 is 15.8 Å². The number of rotatable bonds is 6. The van der Waals surface area contributed by atoms with Gasteiger partial charge in [-0.15, -0.1) is 0 Å². The third-order valence-corrected chi connectivity index (χ3v) is 4.38. The Hall–Kier alpha value is -0.650. The van der Waals surface area contributed by atoms with Crippen molar-refractivity contribution in [3.05, 3.63) is 0 Å². The highest BCUT2D eigenvalue weighted by Crippen LogP contribution is 2.22. The molecule has 2 heterocycles. The summed E-state index contributed by atoms with van der Waals surface area (Å²) in [6, 6.07) is 0.611. The van der Waals surface area contributed by atoms with Crippen molar-refractivity contribution in [2.75, 3.05) is 32.8 Å². The molecule has 0 radical (unpaired) electrons. The summed E-state index contributed by atoms with van der Waals surface area (Å²) in [4.78, 5) is 14.6. The van der Waals surface area contributed by atoms with Crippen molar-refractivity contribution in [2.24, 2.45) is 17.6 Å². The van der Waals surface area contributed by atoms with Crippen LogP contribution in [-0.4, -0.2) is 55.7 Å². The molecule has 2 saturated heterocycles. The van der Waals surface area contributed by atoms with Gasteiger partial charge in [-0.2, -0.15) is 0 Å². The van der Waals surface area contributed by atoms with Gasteiger partial charge in [0, 0.05) is 25.7 Å². The van der Waals surface area contributed by atoms with Crippen molar-refractivity contribution in [1.82, 2.24) is 10.2 Å². The van der Waals surface area contributed by atoms with Crippen molar-refractivity contribution in [3.63, 3.8) is 0 Å². The van der Waals surface area contributed by atoms with Crippen molar-refractivity contribution < 1.29 is 9.53 Å². The topological polar surface area (TPSA) is 67.6 Å². The van der Waals surface area contributed by atoms with E-state index in [1.165, 1.54) is 19.4 Å². The predicted molar refractivity (Wildman–Crippen MR) is 79.3 cm³/mol. The molecule has 1 amide bonds. The normalized spacial score (nSPS) is 28.4. The molecule has 0 saturated carbocycles. The summed E-state index contributed by atoms with van der Waals surface area (Å²) in [5.41, 5.74) is 5.70. The van der Waals surface area contributed by atoms with Crippen LogP contribution in [0.1, 0.15) is 33.1 Å². The average molecular weight is 283 g/mol. The number of morpholine rings is 1. The van der Waals surface area contributed by atoms with E-state index < -0.39 is 0 Å². The van der Waals surface area contributed by atoms with Gasteiger partial charge in [-0.05, 0) is 31.7 Å². The van der Waals surface area contributed by atoms with Crippen molar-refractivity contribution in [2.45, 2.75) is 45.3 Å². The Morgan fingerprint density at radius 2 is 2.30 bits per heavy atom. The average Bonchev–Trinajstić information content (AvgIpc) is 2.89. The maximum Gasteiger partial charge on any atom is 0.224 e. The van der Waals surface area contributed by atoms with Gasteiger partial charge in [0.15, 0.2) is 0 Å². The van der Waals surface area contributed by atoms with Gasteiger partial charge in [-0.3, -0.25) is 9.69 Å². The van der Waals surface area contributed by atoms with Crippen LogP contribution < -0.4 is 11.1 Å². The van der Waals surface area contributed by atoms with Crippen molar-refractivity contribution in [1.29, 1.82) is 0 Å². The number of nitrogens with zero attached hydrogens (tertiary/aromatic N) is 1. The Balaban J connectivity index is 1.72. The fraction of sp³-hybridized carbons (Fsp3) is 0.933. The van der Waals surface area contributed by atoms with Crippen LogP contribution in [0.4, 0.5) is 0 Å². The quantitative estimate of drug-likeness (QED) is 0.748. The fourth-order valence-corrected chi connectivity index (χ4v) is 3.25. The maximum atomic E-state index is 12.1. The number of nitrogens with one attached hydrogen (secondary N) is 1. The third kappa shape index (κ3) is 4.17. The lowest BCUT2D eigenvalue weighted by Crippen LogP contribution is -2.50. The SMILES string of the molecule is CC(C)CC(CN)C(=O)NCC1CN2CCCC2CO1. The minimum Gasteiger partial charge on any atom is -0.373 e. The molecule has 5 nitrogen and oxygen atoms in total. The highest BCUT2D eigenvalue weighted by Gasteiger charge is 2.32. The second-order valence-electron chi connectivity index (χ2n) is 6.55. The number of hydrogen-bond acceptors (Lipinski definition) is 4. The van der Waals surface area contributed by atoms with Gasteiger partial charge in [-0.1, -0.05) is 13.8 Å². The third-order valence-electron chi connectivity index (χ3n) is 4.38. The fourth-order valence-electron chi connectivity index (χ4n) is 3.25. The van der Waals surface area contributed by atoms with Gasteiger partial charge in [-0.25, -0.2) is 0 Å². The van der Waals surface area contributed by atoms with Crippen molar-refractivity contribution in [3.8, 4) is 0 Å². The van der Waals surface area contributed by atoms with Crippen LogP contribution in [0.15, 0.2) is 0 Å². The Bertz CT molecular complexity index is 322. The zero-order valence-electron chi connectivity index (χ0n) is 12.8. The first-order valence-electron chi connectivity index (χ1n) is 7.93. The van der Waals surface area contributed by atoms with E-state index in [1.54, 1.807) is 0 Å². The summed E-state index contributed by atoms with van der Waals surface area (Å²) < 4.78 is 5.85. The number of carbonyl (C=O) groups is 1. The number of fused-ring (bicyclic) bond motifs is 1. The van der Waals surface area contributed by atoms with Gasteiger partial charge in [0.05, 0.1) is 18.6 Å². The summed E-state index contributed by atoms with van der Waals surface area (Å²) in [6.45, 7) is 8.20. The number of carbonyl (C=O) groups excluding carboxylic acids is 1. The van der Waals surface area contributed by atoms with Gasteiger partial charge in [0.2, 0.25) is 5.91 Å². The van der Waals surface area contributed by atoms with Crippen LogP contribution in [0.2, 0.25) is 0 Å². The smallest absolute Gasteiger partial charge is 0.224 e. The lowest BCUT2D eigenvalue weighted by molar-refractivity contribution is -0.126. The molecule has 116 valence electrons. The van der Waals surface area contributed by atoms with Gasteiger partial charge in [0.25, 0.3) is 0 Å². The van der Waals surface area contributed by atoms with Crippen LogP contribution in [-0.2, 0) is 9.53 Å². The van der Waals surface area contributed by atoms with Crippen molar-refractivity contribution >= 4 is 5.91 Å². The molecule has 2 aliphatic heterocycles. The van der Waals surface area contributed by atoms with E-state index in [-0.39, 0.29) is 17.9 Å². The molecule has 2 fully saturated rings. The number of hydrogen-bond donors (Lipinski definition) is 2. The Labute approximate surface area is 122 Å². The van der Waals surface area contributed by atoms with E-state index in [2.05, 4.69) is 24.1 Å².